The van der Waals surface area contributed by atoms with E-state index in [4.69, 9.17) is 10.5 Å². The highest BCUT2D eigenvalue weighted by molar-refractivity contribution is 7.17. The van der Waals surface area contributed by atoms with Crippen LogP contribution in [-0.4, -0.2) is 23.7 Å². The third-order valence-corrected chi connectivity index (χ3v) is 3.85. The number of nitrogens with zero attached hydrogens (tertiary/aromatic N) is 2. The molecule has 1 aromatic heterocycles. The Balaban J connectivity index is 1.90. The zero-order chi connectivity index (χ0) is 16.8. The van der Waals surface area contributed by atoms with E-state index in [9.17, 15) is 4.79 Å². The summed E-state index contributed by atoms with van der Waals surface area (Å²) in [4.78, 5) is 16.4. The third kappa shape index (κ3) is 5.07. The van der Waals surface area contributed by atoms with Crippen molar-refractivity contribution < 1.29 is 9.53 Å². The van der Waals surface area contributed by atoms with Crippen molar-refractivity contribution in [2.75, 3.05) is 12.3 Å². The molecule has 3 N–H and O–H groups in total. The number of nitrogens with one attached hydrogen (secondary N) is 1. The Morgan fingerprint density at radius 3 is 2.70 bits per heavy atom. The second kappa shape index (κ2) is 7.73. The molecule has 2 aromatic rings. The maximum Gasteiger partial charge on any atom is 0.283 e. The zero-order valence-electron chi connectivity index (χ0n) is 13.4. The minimum atomic E-state index is -0.315. The predicted octanol–water partition coefficient (Wildman–Crippen LogP) is 2.83. The van der Waals surface area contributed by atoms with Gasteiger partial charge < -0.3 is 10.5 Å². The fourth-order valence-corrected chi connectivity index (χ4v) is 2.48. The molecule has 0 unspecified atom stereocenters. The van der Waals surface area contributed by atoms with Gasteiger partial charge in [0.15, 0.2) is 5.13 Å². The Labute approximate surface area is 139 Å². The molecule has 0 bridgehead atoms. The van der Waals surface area contributed by atoms with E-state index in [2.05, 4.69) is 29.4 Å². The number of hydrogen-bond donors (Lipinski definition) is 2. The van der Waals surface area contributed by atoms with Crippen molar-refractivity contribution in [1.29, 1.82) is 0 Å². The summed E-state index contributed by atoms with van der Waals surface area (Å²) in [6.45, 7) is 6.62. The number of amides is 1. The van der Waals surface area contributed by atoms with Crippen LogP contribution in [0.15, 0.2) is 29.4 Å². The Bertz CT molecular complexity index is 693. The van der Waals surface area contributed by atoms with Crippen molar-refractivity contribution in [2.24, 2.45) is 11.0 Å². The molecule has 6 nitrogen and oxygen atoms in total. The lowest BCUT2D eigenvalue weighted by Gasteiger charge is -2.08. The first-order chi connectivity index (χ1) is 11.0. The summed E-state index contributed by atoms with van der Waals surface area (Å²) in [5.74, 6) is 0.983. The maximum absolute atomic E-state index is 11.9. The van der Waals surface area contributed by atoms with E-state index in [0.29, 0.717) is 28.2 Å². The van der Waals surface area contributed by atoms with Crippen LogP contribution in [0, 0.1) is 12.8 Å². The van der Waals surface area contributed by atoms with Crippen LogP contribution in [0.4, 0.5) is 5.13 Å². The van der Waals surface area contributed by atoms with Crippen LogP contribution in [0.25, 0.3) is 0 Å². The highest BCUT2D eigenvalue weighted by Crippen LogP contribution is 2.19. The largest absolute Gasteiger partial charge is 0.493 e. The molecule has 0 spiro atoms. The first-order valence-corrected chi connectivity index (χ1v) is 8.06. The van der Waals surface area contributed by atoms with Gasteiger partial charge in [-0.05, 0) is 42.7 Å². The standard InChI is InChI=1S/C16H20N4O2S/c1-10(2)9-22-13-6-4-12(5-7-13)8-18-20-15(21)14-11(3)19-16(17)23-14/h4-8,10H,9H2,1-3H3,(H2,17,19)(H,20,21). The van der Waals surface area contributed by atoms with Crippen LogP contribution in [0.2, 0.25) is 0 Å². The van der Waals surface area contributed by atoms with Crippen molar-refractivity contribution in [2.45, 2.75) is 20.8 Å². The number of nitrogens with two attached hydrogens (primary N) is 1. The van der Waals surface area contributed by atoms with Gasteiger partial charge in [-0.2, -0.15) is 5.10 Å². The van der Waals surface area contributed by atoms with Gasteiger partial charge in [-0.25, -0.2) is 10.4 Å². The van der Waals surface area contributed by atoms with E-state index < -0.39 is 0 Å². The minimum Gasteiger partial charge on any atom is -0.493 e. The number of thiazole rings is 1. The van der Waals surface area contributed by atoms with Gasteiger partial charge in [0, 0.05) is 0 Å². The number of ether oxygens (including phenoxy) is 1. The van der Waals surface area contributed by atoms with Gasteiger partial charge in [-0.1, -0.05) is 25.2 Å². The minimum absolute atomic E-state index is 0.315. The van der Waals surface area contributed by atoms with Crippen LogP contribution in [0.3, 0.4) is 0 Å². The molecule has 0 aliphatic carbocycles. The molecule has 1 heterocycles. The van der Waals surface area contributed by atoms with Crippen LogP contribution < -0.4 is 15.9 Å². The quantitative estimate of drug-likeness (QED) is 0.629. The number of nitrogen functional groups attached to an aromatic ring is 1. The first-order valence-electron chi connectivity index (χ1n) is 7.25. The first kappa shape index (κ1) is 17.0. The molecule has 0 radical (unpaired) electrons. The molecule has 0 fully saturated rings. The summed E-state index contributed by atoms with van der Waals surface area (Å²) in [5.41, 5.74) is 9.51. The van der Waals surface area contributed by atoms with E-state index >= 15 is 0 Å². The van der Waals surface area contributed by atoms with Gasteiger partial charge in [0.05, 0.1) is 18.5 Å². The third-order valence-electron chi connectivity index (χ3n) is 2.86. The number of aryl methyl sites for hydroxylation is 1. The lowest BCUT2D eigenvalue weighted by atomic mass is 10.2. The second-order valence-corrected chi connectivity index (χ2v) is 6.47. The number of anilines is 1. The molecule has 1 amide bonds. The van der Waals surface area contributed by atoms with Crippen molar-refractivity contribution in [3.8, 4) is 5.75 Å². The Kier molecular flexibility index (Phi) is 5.70. The average molecular weight is 332 g/mol. The van der Waals surface area contributed by atoms with E-state index in [1.807, 2.05) is 24.3 Å². The average Bonchev–Trinajstić information content (AvgIpc) is 2.85. The predicted molar refractivity (Wildman–Crippen MR) is 93.1 cm³/mol. The SMILES string of the molecule is Cc1nc(N)sc1C(=O)NN=Cc1ccc(OCC(C)C)cc1. The molecule has 0 aliphatic rings. The van der Waals surface area contributed by atoms with Crippen molar-refractivity contribution >= 4 is 28.6 Å². The number of hydrazone groups is 1. The number of benzene rings is 1. The topological polar surface area (TPSA) is 89.6 Å². The normalized spacial score (nSPS) is 11.1. The van der Waals surface area contributed by atoms with Crippen LogP contribution in [0.5, 0.6) is 5.75 Å². The van der Waals surface area contributed by atoms with Gasteiger partial charge in [0.25, 0.3) is 5.91 Å². The lowest BCUT2D eigenvalue weighted by Crippen LogP contribution is -2.17. The molecular formula is C16H20N4O2S. The van der Waals surface area contributed by atoms with Gasteiger partial charge in [0.1, 0.15) is 10.6 Å². The summed E-state index contributed by atoms with van der Waals surface area (Å²) in [6.07, 6.45) is 1.57. The van der Waals surface area contributed by atoms with Crippen molar-refractivity contribution in [1.82, 2.24) is 10.4 Å². The summed E-state index contributed by atoms with van der Waals surface area (Å²) in [6, 6.07) is 7.50. The van der Waals surface area contributed by atoms with Crippen molar-refractivity contribution in [3.63, 3.8) is 0 Å². The highest BCUT2D eigenvalue weighted by Gasteiger charge is 2.13. The van der Waals surface area contributed by atoms with E-state index in [-0.39, 0.29) is 5.91 Å². The number of hydrogen-bond acceptors (Lipinski definition) is 6. The molecule has 7 heteroatoms. The van der Waals surface area contributed by atoms with E-state index in [1.165, 1.54) is 0 Å². The van der Waals surface area contributed by atoms with Gasteiger partial charge in [0.2, 0.25) is 0 Å². The van der Waals surface area contributed by atoms with E-state index in [0.717, 1.165) is 22.6 Å². The van der Waals surface area contributed by atoms with E-state index in [1.54, 1.807) is 13.1 Å². The summed E-state index contributed by atoms with van der Waals surface area (Å²) in [7, 11) is 0. The summed E-state index contributed by atoms with van der Waals surface area (Å²) in [5, 5.41) is 4.31. The van der Waals surface area contributed by atoms with Crippen LogP contribution >= 0.6 is 11.3 Å². The second-order valence-electron chi connectivity index (χ2n) is 5.44. The molecule has 122 valence electrons. The number of rotatable bonds is 6. The number of aromatic nitrogens is 1. The highest BCUT2D eigenvalue weighted by atomic mass is 32.1. The smallest absolute Gasteiger partial charge is 0.283 e. The lowest BCUT2D eigenvalue weighted by molar-refractivity contribution is 0.0958. The number of carbonyl (C=O) groups is 1. The molecule has 23 heavy (non-hydrogen) atoms. The monoisotopic (exact) mass is 332 g/mol. The molecule has 1 aromatic carbocycles. The van der Waals surface area contributed by atoms with Gasteiger partial charge >= 0.3 is 0 Å². The molecule has 0 saturated heterocycles. The fraction of sp³-hybridized carbons (Fsp3) is 0.312. The van der Waals surface area contributed by atoms with Crippen molar-refractivity contribution in [3.05, 3.63) is 40.4 Å². The number of carbonyl (C=O) groups excluding carboxylic acids is 1. The van der Waals surface area contributed by atoms with Gasteiger partial charge in [-0.3, -0.25) is 4.79 Å². The molecular weight excluding hydrogens is 312 g/mol. The molecule has 0 saturated carbocycles. The zero-order valence-corrected chi connectivity index (χ0v) is 14.2. The summed E-state index contributed by atoms with van der Waals surface area (Å²) < 4.78 is 5.61. The Hall–Kier alpha value is -2.41. The molecule has 0 atom stereocenters. The molecule has 0 aliphatic heterocycles. The van der Waals surface area contributed by atoms with Gasteiger partial charge in [-0.15, -0.1) is 0 Å². The van der Waals surface area contributed by atoms with Crippen LogP contribution in [-0.2, 0) is 0 Å². The Morgan fingerprint density at radius 2 is 2.13 bits per heavy atom. The fourth-order valence-electron chi connectivity index (χ4n) is 1.76. The Morgan fingerprint density at radius 1 is 1.43 bits per heavy atom. The maximum atomic E-state index is 11.9. The summed E-state index contributed by atoms with van der Waals surface area (Å²) >= 11 is 1.14. The molecule has 2 rings (SSSR count). The van der Waals surface area contributed by atoms with Crippen LogP contribution in [0.1, 0.15) is 34.8 Å².